The third-order valence-electron chi connectivity index (χ3n) is 3.63. The summed E-state index contributed by atoms with van der Waals surface area (Å²) in [6.07, 6.45) is 1.43. The van der Waals surface area contributed by atoms with Crippen LogP contribution in [0.3, 0.4) is 0 Å². The van der Waals surface area contributed by atoms with Gasteiger partial charge in [-0.25, -0.2) is 4.79 Å². The van der Waals surface area contributed by atoms with Crippen LogP contribution < -0.4 is 11.0 Å². The Morgan fingerprint density at radius 3 is 2.58 bits per heavy atom. The summed E-state index contributed by atoms with van der Waals surface area (Å²) in [6.45, 7) is 0.674. The highest BCUT2D eigenvalue weighted by molar-refractivity contribution is 6.30. The van der Waals surface area contributed by atoms with E-state index in [1.54, 1.807) is 12.1 Å². The van der Waals surface area contributed by atoms with Crippen LogP contribution in [-0.4, -0.2) is 15.5 Å². The van der Waals surface area contributed by atoms with Crippen LogP contribution in [0.2, 0.25) is 5.02 Å². The van der Waals surface area contributed by atoms with Gasteiger partial charge in [0, 0.05) is 17.8 Å². The van der Waals surface area contributed by atoms with E-state index in [1.165, 1.54) is 10.8 Å². The second-order valence-electron chi connectivity index (χ2n) is 5.36. The molecule has 1 heterocycles. The number of amides is 1. The molecule has 0 aliphatic rings. The minimum Gasteiger partial charge on any atom is -0.347 e. The van der Waals surface area contributed by atoms with Crippen LogP contribution in [0.15, 0.2) is 65.6 Å². The smallest absolute Gasteiger partial charge is 0.326 e. The Balaban J connectivity index is 1.74. The van der Waals surface area contributed by atoms with E-state index in [1.807, 2.05) is 42.5 Å². The first kappa shape index (κ1) is 16.1. The fourth-order valence-electron chi connectivity index (χ4n) is 2.43. The van der Waals surface area contributed by atoms with Gasteiger partial charge in [-0.1, -0.05) is 54.1 Å². The number of hydrogen-bond acceptors (Lipinski definition) is 2. The molecule has 0 radical (unpaired) electrons. The maximum absolute atomic E-state index is 12.4. The summed E-state index contributed by atoms with van der Waals surface area (Å²) in [6, 6.07) is 16.8. The molecule has 1 aromatic heterocycles. The third-order valence-corrected chi connectivity index (χ3v) is 3.86. The van der Waals surface area contributed by atoms with E-state index in [4.69, 9.17) is 11.6 Å². The van der Waals surface area contributed by atoms with Gasteiger partial charge in [0.1, 0.15) is 5.69 Å². The zero-order chi connectivity index (χ0) is 16.9. The van der Waals surface area contributed by atoms with Crippen molar-refractivity contribution >= 4 is 17.5 Å². The lowest BCUT2D eigenvalue weighted by Gasteiger charge is -2.09. The third kappa shape index (κ3) is 3.75. The molecule has 0 unspecified atom stereocenters. The van der Waals surface area contributed by atoms with Crippen LogP contribution in [0, 0.1) is 0 Å². The van der Waals surface area contributed by atoms with Gasteiger partial charge < -0.3 is 10.3 Å². The van der Waals surface area contributed by atoms with Crippen LogP contribution in [-0.2, 0) is 13.1 Å². The number of nitrogens with one attached hydrogen (secondary N) is 2. The van der Waals surface area contributed by atoms with E-state index in [0.29, 0.717) is 23.8 Å². The number of carbonyl (C=O) groups is 1. The molecule has 122 valence electrons. The van der Waals surface area contributed by atoms with Crippen molar-refractivity contribution < 1.29 is 4.79 Å². The van der Waals surface area contributed by atoms with E-state index in [0.717, 1.165) is 11.1 Å². The Bertz CT molecular complexity index is 900. The summed E-state index contributed by atoms with van der Waals surface area (Å²) in [5.41, 5.74) is 1.82. The molecule has 3 aromatic rings. The number of halogens is 1. The molecular weight excluding hydrogens is 326 g/mol. The van der Waals surface area contributed by atoms with Gasteiger partial charge in [-0.15, -0.1) is 0 Å². The molecule has 1 amide bonds. The predicted molar refractivity (Wildman–Crippen MR) is 93.2 cm³/mol. The quantitative estimate of drug-likeness (QED) is 0.749. The molecule has 0 aliphatic carbocycles. The molecule has 0 spiro atoms. The van der Waals surface area contributed by atoms with E-state index in [2.05, 4.69) is 10.3 Å². The first-order valence-corrected chi connectivity index (χ1v) is 7.86. The van der Waals surface area contributed by atoms with Crippen LogP contribution >= 0.6 is 11.6 Å². The van der Waals surface area contributed by atoms with Crippen molar-refractivity contribution in [1.29, 1.82) is 0 Å². The highest BCUT2D eigenvalue weighted by atomic mass is 35.5. The Hall–Kier alpha value is -2.79. The molecule has 24 heavy (non-hydrogen) atoms. The molecule has 6 heteroatoms. The maximum atomic E-state index is 12.4. The van der Waals surface area contributed by atoms with Crippen molar-refractivity contribution in [3.63, 3.8) is 0 Å². The van der Waals surface area contributed by atoms with Gasteiger partial charge in [0.25, 0.3) is 5.91 Å². The monoisotopic (exact) mass is 341 g/mol. The predicted octanol–water partition coefficient (Wildman–Crippen LogP) is 2.81. The van der Waals surface area contributed by atoms with Crippen molar-refractivity contribution in [1.82, 2.24) is 14.9 Å². The first-order chi connectivity index (χ1) is 11.6. The van der Waals surface area contributed by atoms with Gasteiger partial charge in [0.05, 0.1) is 6.54 Å². The molecule has 3 rings (SSSR count). The number of nitrogens with zero attached hydrogens (tertiary/aromatic N) is 1. The van der Waals surface area contributed by atoms with Gasteiger partial charge in [0.15, 0.2) is 0 Å². The molecule has 2 N–H and O–H groups in total. The zero-order valence-electron chi connectivity index (χ0n) is 12.8. The fraction of sp³-hybridized carbons (Fsp3) is 0.111. The lowest BCUT2D eigenvalue weighted by atomic mass is 10.2. The van der Waals surface area contributed by atoms with E-state index in [9.17, 15) is 9.59 Å². The summed E-state index contributed by atoms with van der Waals surface area (Å²) < 4.78 is 1.42. The van der Waals surface area contributed by atoms with Gasteiger partial charge in [-0.05, 0) is 23.3 Å². The number of aromatic amines is 1. The molecule has 0 aliphatic heterocycles. The summed E-state index contributed by atoms with van der Waals surface area (Å²) in [5, 5.41) is 3.42. The number of benzene rings is 2. The van der Waals surface area contributed by atoms with Gasteiger partial charge >= 0.3 is 5.69 Å². The molecule has 0 bridgehead atoms. The normalized spacial score (nSPS) is 10.5. The van der Waals surface area contributed by atoms with E-state index < -0.39 is 0 Å². The number of imidazole rings is 1. The SMILES string of the molecule is O=C(NCc1cccc(Cl)c1)c1c[nH]c(=O)n1Cc1ccccc1. The van der Waals surface area contributed by atoms with Crippen molar-refractivity contribution in [2.75, 3.05) is 0 Å². The lowest BCUT2D eigenvalue weighted by molar-refractivity contribution is 0.0941. The van der Waals surface area contributed by atoms with E-state index in [-0.39, 0.29) is 11.6 Å². The van der Waals surface area contributed by atoms with Gasteiger partial charge in [-0.3, -0.25) is 9.36 Å². The molecular formula is C18H16ClN3O2. The average molecular weight is 342 g/mol. The molecule has 0 saturated heterocycles. The lowest BCUT2D eigenvalue weighted by Crippen LogP contribution is -2.29. The number of rotatable bonds is 5. The van der Waals surface area contributed by atoms with Gasteiger partial charge in [-0.2, -0.15) is 0 Å². The van der Waals surface area contributed by atoms with Crippen LogP contribution in [0.25, 0.3) is 0 Å². The van der Waals surface area contributed by atoms with Crippen molar-refractivity contribution in [2.24, 2.45) is 0 Å². The minimum absolute atomic E-state index is 0.297. The topological polar surface area (TPSA) is 66.9 Å². The van der Waals surface area contributed by atoms with Gasteiger partial charge in [0.2, 0.25) is 0 Å². The Morgan fingerprint density at radius 2 is 1.83 bits per heavy atom. The Morgan fingerprint density at radius 1 is 1.08 bits per heavy atom. The van der Waals surface area contributed by atoms with Crippen LogP contribution in [0.4, 0.5) is 0 Å². The second kappa shape index (κ2) is 7.19. The highest BCUT2D eigenvalue weighted by Gasteiger charge is 2.14. The van der Waals surface area contributed by atoms with Crippen LogP contribution in [0.1, 0.15) is 21.6 Å². The highest BCUT2D eigenvalue weighted by Crippen LogP contribution is 2.10. The maximum Gasteiger partial charge on any atom is 0.326 e. The van der Waals surface area contributed by atoms with Crippen molar-refractivity contribution in [2.45, 2.75) is 13.1 Å². The number of H-pyrrole nitrogens is 1. The number of hydrogen-bond donors (Lipinski definition) is 2. The summed E-state index contributed by atoms with van der Waals surface area (Å²) in [7, 11) is 0. The standard InChI is InChI=1S/C18H16ClN3O2/c19-15-8-4-7-14(9-15)10-20-17(23)16-11-21-18(24)22(16)12-13-5-2-1-3-6-13/h1-9,11H,10,12H2,(H,20,23)(H,21,24). The largest absolute Gasteiger partial charge is 0.347 e. The van der Waals surface area contributed by atoms with Crippen molar-refractivity contribution in [3.8, 4) is 0 Å². The zero-order valence-corrected chi connectivity index (χ0v) is 13.6. The first-order valence-electron chi connectivity index (χ1n) is 7.48. The van der Waals surface area contributed by atoms with Crippen LogP contribution in [0.5, 0.6) is 0 Å². The van der Waals surface area contributed by atoms with E-state index >= 15 is 0 Å². The molecule has 0 saturated carbocycles. The molecule has 0 atom stereocenters. The van der Waals surface area contributed by atoms with Crippen molar-refractivity contribution in [3.05, 3.63) is 93.1 Å². The average Bonchev–Trinajstić information content (AvgIpc) is 2.95. The number of aromatic nitrogens is 2. The summed E-state index contributed by atoms with van der Waals surface area (Å²) in [5.74, 6) is -0.316. The molecule has 0 fully saturated rings. The molecule has 2 aromatic carbocycles. The summed E-state index contributed by atoms with van der Waals surface area (Å²) in [4.78, 5) is 27.0. The minimum atomic E-state index is -0.316. The summed E-state index contributed by atoms with van der Waals surface area (Å²) >= 11 is 5.93. The second-order valence-corrected chi connectivity index (χ2v) is 5.80. The Labute approximate surface area is 143 Å². The Kier molecular flexibility index (Phi) is 4.82. The fourth-order valence-corrected chi connectivity index (χ4v) is 2.64. The molecule has 5 nitrogen and oxygen atoms in total. The number of carbonyl (C=O) groups excluding carboxylic acids is 1.